The van der Waals surface area contributed by atoms with E-state index in [4.69, 9.17) is 25.3 Å². The smallest absolute Gasteiger partial charge is 0.407 e. The molecular formula is C39H57ClN6O9S4. The molecule has 20 heteroatoms. The van der Waals surface area contributed by atoms with E-state index in [1.54, 1.807) is 48.8 Å². The lowest BCUT2D eigenvalue weighted by Crippen LogP contribution is -2.38. The highest BCUT2D eigenvalue weighted by atomic mass is 35.7. The first kappa shape index (κ1) is 51.5. The lowest BCUT2D eigenvalue weighted by Gasteiger charge is -2.28. The van der Waals surface area contributed by atoms with E-state index in [0.29, 0.717) is 23.0 Å². The Hall–Kier alpha value is -3.69. The van der Waals surface area contributed by atoms with Gasteiger partial charge in [-0.3, -0.25) is 0 Å². The number of sulfonamides is 1. The lowest BCUT2D eigenvalue weighted by atomic mass is 9.86. The Morgan fingerprint density at radius 1 is 0.695 bits per heavy atom. The fourth-order valence-electron chi connectivity index (χ4n) is 6.80. The summed E-state index contributed by atoms with van der Waals surface area (Å²) in [5.74, 6) is 0.609. The van der Waals surface area contributed by atoms with Crippen LogP contribution in [0.25, 0.3) is 20.9 Å². The van der Waals surface area contributed by atoms with Gasteiger partial charge in [-0.25, -0.2) is 41.5 Å². The standard InChI is InChI=1S/C19H23ClN2O4S2.C19H25N3O4S2.CH4.H3N.H2O/c2*1-12(2)26-19(23)22-14-9-7-13(8-10-14)18-21-11-16(27-18)15-5-3-4-6-17(15)28(20,24)25;;;/h3-6,11-14H,7-10H2,1-2H3,(H,22,23);3-6,11-14H,7-10H2,1-2H3,(H,22,23)(H2,20,24,25);1H4;1H3;1H2. The quantitative estimate of drug-likeness (QED) is 0.110. The van der Waals surface area contributed by atoms with E-state index in [0.717, 1.165) is 71.1 Å². The van der Waals surface area contributed by atoms with Crippen LogP contribution in [0.1, 0.15) is 108 Å². The number of carbonyl (C=O) groups excluding carboxylic acids is 2. The third-order valence-corrected chi connectivity index (χ3v) is 14.1. The van der Waals surface area contributed by atoms with E-state index < -0.39 is 19.1 Å². The summed E-state index contributed by atoms with van der Waals surface area (Å²) in [5, 5.41) is 13.2. The molecule has 328 valence electrons. The zero-order valence-corrected chi connectivity index (χ0v) is 36.9. The van der Waals surface area contributed by atoms with Gasteiger partial charge in [0.25, 0.3) is 9.05 Å². The number of rotatable bonds is 10. The molecule has 0 radical (unpaired) electrons. The van der Waals surface area contributed by atoms with Gasteiger partial charge in [0.15, 0.2) is 0 Å². The number of primary sulfonamides is 1. The lowest BCUT2D eigenvalue weighted by molar-refractivity contribution is 0.108. The Morgan fingerprint density at radius 2 is 1.05 bits per heavy atom. The zero-order valence-electron chi connectivity index (χ0n) is 32.9. The van der Waals surface area contributed by atoms with Crippen LogP contribution in [-0.4, -0.2) is 68.8 Å². The Labute approximate surface area is 360 Å². The first-order valence-electron chi connectivity index (χ1n) is 18.5. The third kappa shape index (κ3) is 14.8. The van der Waals surface area contributed by atoms with Crippen molar-refractivity contribution in [3.05, 3.63) is 70.9 Å². The first-order chi connectivity index (χ1) is 26.5. The number of halogens is 1. The summed E-state index contributed by atoms with van der Waals surface area (Å²) in [7, 11) is -2.05. The van der Waals surface area contributed by atoms with Gasteiger partial charge in [-0.05, 0) is 91.2 Å². The van der Waals surface area contributed by atoms with E-state index in [-0.39, 0.29) is 65.3 Å². The monoisotopic (exact) mass is 916 g/mol. The summed E-state index contributed by atoms with van der Waals surface area (Å²) >= 11 is 3.00. The van der Waals surface area contributed by atoms with Crippen molar-refractivity contribution in [3.63, 3.8) is 0 Å². The van der Waals surface area contributed by atoms with Crippen LogP contribution in [0.5, 0.6) is 0 Å². The molecule has 6 rings (SSSR count). The van der Waals surface area contributed by atoms with Crippen LogP contribution in [0, 0.1) is 0 Å². The summed E-state index contributed by atoms with van der Waals surface area (Å²) < 4.78 is 57.6. The van der Waals surface area contributed by atoms with Crippen molar-refractivity contribution in [2.24, 2.45) is 5.14 Å². The molecule has 2 fully saturated rings. The van der Waals surface area contributed by atoms with Crippen LogP contribution < -0.4 is 21.9 Å². The Kier molecular flexibility index (Phi) is 19.9. The number of alkyl carbamates (subject to hydrolysis) is 2. The third-order valence-electron chi connectivity index (χ3n) is 9.40. The SMILES string of the molecule is C.CC(C)OC(=O)NC1CCC(c2ncc(-c3ccccc3S(=O)(=O)Cl)s2)CC1.CC(C)OC(=O)NC1CCC(c2ncc(-c3ccccc3S(N)(=O)=O)s2)CC1.N.O. The molecule has 2 aliphatic rings. The molecule has 2 heterocycles. The molecule has 0 bridgehead atoms. The molecule has 0 atom stereocenters. The minimum atomic E-state index is -3.83. The molecule has 0 unspecified atom stereocenters. The number of hydrogen-bond acceptors (Lipinski definition) is 13. The molecular weight excluding hydrogens is 860 g/mol. The number of nitrogens with zero attached hydrogens (tertiary/aromatic N) is 2. The molecule has 2 aromatic carbocycles. The predicted molar refractivity (Wildman–Crippen MR) is 234 cm³/mol. The second kappa shape index (κ2) is 22.8. The topological polar surface area (TPSA) is 263 Å². The number of ether oxygens (including phenoxy) is 2. The second-order valence-corrected chi connectivity index (χ2v) is 20.6. The molecule has 59 heavy (non-hydrogen) atoms. The second-order valence-electron chi connectivity index (χ2n) is 14.4. The Balaban J connectivity index is 0.000000387. The van der Waals surface area contributed by atoms with Crippen LogP contribution in [0.2, 0.25) is 0 Å². The Morgan fingerprint density at radius 3 is 1.41 bits per heavy atom. The minimum absolute atomic E-state index is 0. The van der Waals surface area contributed by atoms with Gasteiger partial charge >= 0.3 is 12.2 Å². The summed E-state index contributed by atoms with van der Waals surface area (Å²) in [6.07, 6.45) is 9.52. The van der Waals surface area contributed by atoms with E-state index in [1.807, 2.05) is 27.7 Å². The number of hydrogen-bond donors (Lipinski definition) is 4. The summed E-state index contributed by atoms with van der Waals surface area (Å²) in [6.45, 7) is 7.30. The summed E-state index contributed by atoms with van der Waals surface area (Å²) in [4.78, 5) is 34.3. The van der Waals surface area contributed by atoms with E-state index in [1.165, 1.54) is 34.8 Å². The summed E-state index contributed by atoms with van der Waals surface area (Å²) in [6, 6.07) is 13.6. The summed E-state index contributed by atoms with van der Waals surface area (Å²) in [5.41, 5.74) is 1.16. The van der Waals surface area contributed by atoms with Gasteiger partial charge in [-0.2, -0.15) is 0 Å². The fourth-order valence-corrected chi connectivity index (χ4v) is 11.0. The van der Waals surface area contributed by atoms with Crippen LogP contribution in [0.4, 0.5) is 9.59 Å². The van der Waals surface area contributed by atoms with Crippen LogP contribution >= 0.6 is 33.4 Å². The molecule has 0 saturated heterocycles. The zero-order chi connectivity index (χ0) is 40.6. The number of nitrogens with one attached hydrogen (secondary N) is 2. The molecule has 9 N–H and O–H groups in total. The number of carbonyl (C=O) groups is 2. The van der Waals surface area contributed by atoms with E-state index in [2.05, 4.69) is 20.6 Å². The molecule has 2 aliphatic carbocycles. The van der Waals surface area contributed by atoms with Gasteiger partial charge < -0.3 is 31.7 Å². The maximum absolute atomic E-state index is 11.8. The number of amides is 2. The maximum atomic E-state index is 11.8. The van der Waals surface area contributed by atoms with Gasteiger partial charge in [0.05, 0.1) is 41.8 Å². The van der Waals surface area contributed by atoms with Gasteiger partial charge in [0.2, 0.25) is 10.0 Å². The van der Waals surface area contributed by atoms with Gasteiger partial charge in [-0.1, -0.05) is 43.8 Å². The highest BCUT2D eigenvalue weighted by molar-refractivity contribution is 8.13. The minimum Gasteiger partial charge on any atom is -0.447 e. The molecule has 2 saturated carbocycles. The molecule has 15 nitrogen and oxygen atoms in total. The van der Waals surface area contributed by atoms with Crippen molar-refractivity contribution in [1.29, 1.82) is 0 Å². The average Bonchev–Trinajstić information content (AvgIpc) is 3.83. The van der Waals surface area contributed by atoms with Gasteiger partial charge in [-0.15, -0.1) is 22.7 Å². The van der Waals surface area contributed by atoms with E-state index in [9.17, 15) is 26.4 Å². The number of thiazole rings is 2. The number of benzene rings is 2. The normalized spacial score (nSPS) is 19.1. The molecule has 0 aliphatic heterocycles. The van der Waals surface area contributed by atoms with Gasteiger partial charge in [0.1, 0.15) is 0 Å². The predicted octanol–water partition coefficient (Wildman–Crippen LogP) is 8.49. The molecule has 2 amide bonds. The Bertz CT molecular complexity index is 2030. The van der Waals surface area contributed by atoms with Crippen molar-refractivity contribution in [3.8, 4) is 20.9 Å². The van der Waals surface area contributed by atoms with Gasteiger partial charge in [0, 0.05) is 58.1 Å². The highest BCUT2D eigenvalue weighted by Crippen LogP contribution is 2.41. The first-order valence-corrected chi connectivity index (χ1v) is 24.0. The maximum Gasteiger partial charge on any atom is 0.407 e. The van der Waals surface area contributed by atoms with Crippen molar-refractivity contribution < 1.29 is 41.4 Å². The van der Waals surface area contributed by atoms with Crippen molar-refractivity contribution in [2.75, 3.05) is 0 Å². The average molecular weight is 918 g/mol. The number of nitrogens with two attached hydrogens (primary N) is 1. The molecule has 0 spiro atoms. The van der Waals surface area contributed by atoms with Crippen molar-refractivity contribution in [1.82, 2.24) is 26.8 Å². The van der Waals surface area contributed by atoms with Crippen LogP contribution in [0.15, 0.2) is 70.7 Å². The van der Waals surface area contributed by atoms with Crippen molar-refractivity contribution >= 4 is 64.6 Å². The molecule has 2 aromatic heterocycles. The molecule has 4 aromatic rings. The largest absolute Gasteiger partial charge is 0.447 e. The fraction of sp³-hybridized carbons (Fsp3) is 0.487. The highest BCUT2D eigenvalue weighted by Gasteiger charge is 2.28. The van der Waals surface area contributed by atoms with E-state index >= 15 is 0 Å². The van der Waals surface area contributed by atoms with Crippen LogP contribution in [-0.2, 0) is 28.5 Å². The van der Waals surface area contributed by atoms with Crippen molar-refractivity contribution in [2.45, 2.75) is 132 Å². The van der Waals surface area contributed by atoms with Crippen LogP contribution in [0.3, 0.4) is 0 Å². The number of aromatic nitrogens is 2.